The Morgan fingerprint density at radius 2 is 1.94 bits per heavy atom. The number of carbonyl (C=O) groups is 1. The summed E-state index contributed by atoms with van der Waals surface area (Å²) in [7, 11) is 1.50. The van der Waals surface area contributed by atoms with Gasteiger partial charge in [0.25, 0.3) is 0 Å². The Balaban J connectivity index is 2.10. The number of rotatable bonds is 7. The quantitative estimate of drug-likeness (QED) is 0.486. The summed E-state index contributed by atoms with van der Waals surface area (Å²) in [6, 6.07) is 5.61. The minimum Gasteiger partial charge on any atom is -0.508 e. The summed E-state index contributed by atoms with van der Waals surface area (Å²) in [6.45, 7) is 10.2. The third kappa shape index (κ3) is 4.74. The number of hydrogen-bond acceptors (Lipinski definition) is 6. The lowest BCUT2D eigenvalue weighted by Crippen LogP contribution is -2.23. The highest BCUT2D eigenvalue weighted by Gasteiger charge is 2.35. The molecular weight excluding hydrogens is 408 g/mol. The van der Waals surface area contributed by atoms with E-state index in [-0.39, 0.29) is 46.7 Å². The van der Waals surface area contributed by atoms with Gasteiger partial charge in [0.1, 0.15) is 40.4 Å². The molecule has 1 unspecified atom stereocenters. The molecular formula is C26H30O6. The van der Waals surface area contributed by atoms with Gasteiger partial charge in [-0.3, -0.25) is 4.79 Å². The maximum absolute atomic E-state index is 13.0. The third-order valence-electron chi connectivity index (χ3n) is 5.77. The third-order valence-corrected chi connectivity index (χ3v) is 5.77. The molecule has 2 aromatic carbocycles. The van der Waals surface area contributed by atoms with Crippen molar-refractivity contribution in [3.05, 3.63) is 64.8 Å². The van der Waals surface area contributed by atoms with E-state index in [2.05, 4.69) is 12.7 Å². The first-order valence-corrected chi connectivity index (χ1v) is 10.6. The number of phenolic OH excluding ortho intramolecular Hbond substituents is 3. The van der Waals surface area contributed by atoms with E-state index in [9.17, 15) is 20.1 Å². The molecule has 0 saturated heterocycles. The number of aromatic hydroxyl groups is 3. The van der Waals surface area contributed by atoms with Crippen LogP contribution in [-0.2, 0) is 6.42 Å². The smallest absolute Gasteiger partial charge is 0.174 e. The van der Waals surface area contributed by atoms with Crippen molar-refractivity contribution in [2.75, 3.05) is 7.11 Å². The standard InChI is InChI=1S/C26H30O6/c1-14(2)6-7-16(15(3)4)10-19-23(31-5)12-21(29)25-22(30)13-24(32-26(19)25)18-9-8-17(27)11-20(18)28/h6,8-9,11-12,16,24,27-29H,3,7,10,13H2,1-2,4-5H3/t16?,24-/m0/s1. The lowest BCUT2D eigenvalue weighted by molar-refractivity contribution is 0.0838. The second kappa shape index (κ2) is 9.39. The molecule has 3 N–H and O–H groups in total. The van der Waals surface area contributed by atoms with Gasteiger partial charge in [0.05, 0.1) is 13.5 Å². The van der Waals surface area contributed by atoms with E-state index in [4.69, 9.17) is 9.47 Å². The lowest BCUT2D eigenvalue weighted by Gasteiger charge is -2.30. The summed E-state index contributed by atoms with van der Waals surface area (Å²) in [5, 5.41) is 30.4. The van der Waals surface area contributed by atoms with Gasteiger partial charge in [0, 0.05) is 23.3 Å². The maximum Gasteiger partial charge on any atom is 0.174 e. The van der Waals surface area contributed by atoms with Crippen LogP contribution in [-0.4, -0.2) is 28.2 Å². The SMILES string of the molecule is C=C(C)C(CC=C(C)C)Cc1c(OC)cc(O)c2c1O[C@H](c1ccc(O)cc1O)CC2=O. The van der Waals surface area contributed by atoms with Crippen molar-refractivity contribution in [1.82, 2.24) is 0 Å². The molecule has 6 nitrogen and oxygen atoms in total. The summed E-state index contributed by atoms with van der Waals surface area (Å²) in [4.78, 5) is 13.0. The number of benzene rings is 2. The molecule has 0 amide bonds. The molecule has 6 heteroatoms. The average molecular weight is 439 g/mol. The molecule has 0 bridgehead atoms. The van der Waals surface area contributed by atoms with Crippen LogP contribution in [0.5, 0.6) is 28.7 Å². The van der Waals surface area contributed by atoms with Crippen molar-refractivity contribution >= 4 is 5.78 Å². The molecule has 0 aliphatic carbocycles. The largest absolute Gasteiger partial charge is 0.508 e. The molecule has 0 saturated carbocycles. The first kappa shape index (κ1) is 23.3. The van der Waals surface area contributed by atoms with Gasteiger partial charge in [0.15, 0.2) is 5.78 Å². The molecule has 0 radical (unpaired) electrons. The van der Waals surface area contributed by atoms with Gasteiger partial charge in [-0.2, -0.15) is 0 Å². The Kier molecular flexibility index (Phi) is 6.82. The minimum atomic E-state index is -0.762. The van der Waals surface area contributed by atoms with Crippen LogP contribution in [0.3, 0.4) is 0 Å². The van der Waals surface area contributed by atoms with Crippen LogP contribution in [0.1, 0.15) is 61.2 Å². The monoisotopic (exact) mass is 438 g/mol. The van der Waals surface area contributed by atoms with Crippen LogP contribution in [0.2, 0.25) is 0 Å². The van der Waals surface area contributed by atoms with Crippen LogP contribution in [0.4, 0.5) is 0 Å². The predicted octanol–water partition coefficient (Wildman–Crippen LogP) is 5.61. The summed E-state index contributed by atoms with van der Waals surface area (Å²) < 4.78 is 11.8. The van der Waals surface area contributed by atoms with Crippen molar-refractivity contribution in [3.63, 3.8) is 0 Å². The van der Waals surface area contributed by atoms with E-state index in [1.54, 1.807) is 0 Å². The van der Waals surface area contributed by atoms with E-state index in [1.165, 1.54) is 36.9 Å². The van der Waals surface area contributed by atoms with Crippen molar-refractivity contribution < 1.29 is 29.6 Å². The molecule has 0 fully saturated rings. The fourth-order valence-corrected chi connectivity index (χ4v) is 3.95. The molecule has 2 atom stereocenters. The normalized spacial score (nSPS) is 16.0. The molecule has 0 aromatic heterocycles. The zero-order valence-electron chi connectivity index (χ0n) is 18.9. The van der Waals surface area contributed by atoms with E-state index in [1.807, 2.05) is 20.8 Å². The number of methoxy groups -OCH3 is 1. The van der Waals surface area contributed by atoms with Crippen molar-refractivity contribution in [2.45, 2.75) is 46.1 Å². The van der Waals surface area contributed by atoms with E-state index in [0.29, 0.717) is 23.3 Å². The Morgan fingerprint density at radius 1 is 1.22 bits per heavy atom. The molecule has 1 aliphatic rings. The van der Waals surface area contributed by atoms with Gasteiger partial charge in [-0.25, -0.2) is 0 Å². The number of phenols is 3. The molecule has 2 aromatic rings. The maximum atomic E-state index is 13.0. The van der Waals surface area contributed by atoms with Crippen molar-refractivity contribution in [3.8, 4) is 28.7 Å². The lowest BCUT2D eigenvalue weighted by atomic mass is 9.86. The zero-order chi connectivity index (χ0) is 23.6. The molecule has 3 rings (SSSR count). The van der Waals surface area contributed by atoms with Gasteiger partial charge >= 0.3 is 0 Å². The van der Waals surface area contributed by atoms with Gasteiger partial charge in [-0.15, -0.1) is 0 Å². The second-order valence-electron chi connectivity index (χ2n) is 8.52. The number of hydrogen-bond donors (Lipinski definition) is 3. The van der Waals surface area contributed by atoms with Crippen LogP contribution >= 0.6 is 0 Å². The van der Waals surface area contributed by atoms with Crippen LogP contribution < -0.4 is 9.47 Å². The highest BCUT2D eigenvalue weighted by atomic mass is 16.5. The first-order chi connectivity index (χ1) is 15.1. The van der Waals surface area contributed by atoms with Crippen LogP contribution in [0.15, 0.2) is 48.1 Å². The minimum absolute atomic E-state index is 0.0493. The van der Waals surface area contributed by atoms with Gasteiger partial charge < -0.3 is 24.8 Å². The Morgan fingerprint density at radius 3 is 2.53 bits per heavy atom. The number of fused-ring (bicyclic) bond motifs is 1. The summed E-state index contributed by atoms with van der Waals surface area (Å²) in [5.41, 5.74) is 3.37. The topological polar surface area (TPSA) is 96.2 Å². The van der Waals surface area contributed by atoms with Crippen LogP contribution in [0.25, 0.3) is 0 Å². The van der Waals surface area contributed by atoms with E-state index in [0.717, 1.165) is 12.0 Å². The Bertz CT molecular complexity index is 1080. The number of ether oxygens (including phenoxy) is 2. The van der Waals surface area contributed by atoms with Crippen LogP contribution in [0, 0.1) is 5.92 Å². The average Bonchev–Trinajstić information content (AvgIpc) is 2.71. The van der Waals surface area contributed by atoms with Gasteiger partial charge in [-0.05, 0) is 51.7 Å². The fraction of sp³-hybridized carbons (Fsp3) is 0.346. The first-order valence-electron chi connectivity index (χ1n) is 10.6. The highest BCUT2D eigenvalue weighted by Crippen LogP contribution is 2.48. The van der Waals surface area contributed by atoms with Crippen molar-refractivity contribution in [1.29, 1.82) is 0 Å². The number of allylic oxidation sites excluding steroid dienone is 3. The molecule has 32 heavy (non-hydrogen) atoms. The van der Waals surface area contributed by atoms with Gasteiger partial charge in [-0.1, -0.05) is 23.8 Å². The number of ketones is 1. The number of Topliss-reactive ketones (excluding diaryl/α,β-unsaturated/α-hetero) is 1. The van der Waals surface area contributed by atoms with Crippen molar-refractivity contribution in [2.24, 2.45) is 5.92 Å². The van der Waals surface area contributed by atoms with E-state index < -0.39 is 6.10 Å². The molecule has 1 aliphatic heterocycles. The zero-order valence-corrected chi connectivity index (χ0v) is 18.9. The van der Waals surface area contributed by atoms with E-state index >= 15 is 0 Å². The summed E-state index contributed by atoms with van der Waals surface area (Å²) in [6.07, 6.45) is 2.61. The Labute approximate surface area is 188 Å². The summed E-state index contributed by atoms with van der Waals surface area (Å²) >= 11 is 0. The Hall–Kier alpha value is -3.41. The molecule has 1 heterocycles. The summed E-state index contributed by atoms with van der Waals surface area (Å²) in [5.74, 6) is 0.0257. The second-order valence-corrected chi connectivity index (χ2v) is 8.52. The van der Waals surface area contributed by atoms with Gasteiger partial charge in [0.2, 0.25) is 0 Å². The fourth-order valence-electron chi connectivity index (χ4n) is 3.95. The molecule has 0 spiro atoms. The predicted molar refractivity (Wildman–Crippen MR) is 123 cm³/mol. The number of carbonyl (C=O) groups excluding carboxylic acids is 1. The highest BCUT2D eigenvalue weighted by molar-refractivity contribution is 6.03. The molecule has 170 valence electrons.